The Morgan fingerprint density at radius 1 is 1.18 bits per heavy atom. The molecule has 0 radical (unpaired) electrons. The lowest BCUT2D eigenvalue weighted by molar-refractivity contribution is -0.129. The fraction of sp³-hybridized carbons (Fsp3) is 0.250. The van der Waals surface area contributed by atoms with Crippen molar-refractivity contribution in [3.63, 3.8) is 0 Å². The second kappa shape index (κ2) is 7.35. The third-order valence-electron chi connectivity index (χ3n) is 4.89. The number of hydrogen-bond acceptors (Lipinski definition) is 5. The molecule has 0 aliphatic carbocycles. The highest BCUT2D eigenvalue weighted by atomic mass is 79.9. The van der Waals surface area contributed by atoms with Crippen molar-refractivity contribution >= 4 is 39.3 Å². The lowest BCUT2D eigenvalue weighted by Crippen LogP contribution is -2.48. The van der Waals surface area contributed by atoms with Crippen LogP contribution in [0, 0.1) is 11.7 Å². The van der Waals surface area contributed by atoms with E-state index >= 15 is 0 Å². The van der Waals surface area contributed by atoms with Gasteiger partial charge in [-0.05, 0) is 42.0 Å². The number of ether oxygens (including phenoxy) is 1. The average Bonchev–Trinajstić information content (AvgIpc) is 3.26. The molecule has 4 rings (SSSR count). The van der Waals surface area contributed by atoms with Gasteiger partial charge in [0, 0.05) is 10.4 Å². The van der Waals surface area contributed by atoms with Gasteiger partial charge in [-0.15, -0.1) is 0 Å². The number of carbonyl (C=O) groups is 2. The van der Waals surface area contributed by atoms with Gasteiger partial charge in [-0.2, -0.15) is 5.10 Å². The van der Waals surface area contributed by atoms with E-state index in [-0.39, 0.29) is 30.8 Å². The molecule has 2 atom stereocenters. The summed E-state index contributed by atoms with van der Waals surface area (Å²) in [6, 6.07) is 12.7. The number of rotatable bonds is 3. The average molecular weight is 446 g/mol. The van der Waals surface area contributed by atoms with E-state index in [1.54, 1.807) is 17.1 Å². The molecule has 2 aliphatic heterocycles. The maximum absolute atomic E-state index is 13.3. The Balaban J connectivity index is 1.74. The molecule has 2 amide bonds. The highest BCUT2D eigenvalue weighted by molar-refractivity contribution is 9.10. The van der Waals surface area contributed by atoms with Crippen LogP contribution in [0.15, 0.2) is 58.1 Å². The van der Waals surface area contributed by atoms with E-state index in [0.29, 0.717) is 5.71 Å². The largest absolute Gasteiger partial charge is 0.447 e. The highest BCUT2D eigenvalue weighted by Gasteiger charge is 2.45. The van der Waals surface area contributed by atoms with Crippen LogP contribution in [0.25, 0.3) is 0 Å². The minimum atomic E-state index is -0.702. The molecule has 8 heteroatoms. The Labute approximate surface area is 169 Å². The van der Waals surface area contributed by atoms with Crippen molar-refractivity contribution in [2.45, 2.75) is 13.0 Å². The Bertz CT molecular complexity index is 946. The normalized spacial score (nSPS) is 21.7. The molecule has 1 fully saturated rings. The van der Waals surface area contributed by atoms with Crippen LogP contribution >= 0.6 is 15.9 Å². The van der Waals surface area contributed by atoms with E-state index < -0.39 is 12.1 Å². The van der Waals surface area contributed by atoms with Crippen LogP contribution in [0.2, 0.25) is 0 Å². The summed E-state index contributed by atoms with van der Waals surface area (Å²) < 4.78 is 19.2. The zero-order chi connectivity index (χ0) is 19.8. The van der Waals surface area contributed by atoms with Crippen molar-refractivity contribution in [2.75, 3.05) is 18.2 Å². The van der Waals surface area contributed by atoms with Crippen LogP contribution in [0.5, 0.6) is 0 Å². The van der Waals surface area contributed by atoms with Gasteiger partial charge in [-0.1, -0.05) is 35.0 Å². The molecule has 0 saturated carbocycles. The maximum Gasteiger partial charge on any atom is 0.416 e. The van der Waals surface area contributed by atoms with Gasteiger partial charge in [0.2, 0.25) is 0 Å². The third-order valence-corrected chi connectivity index (χ3v) is 5.42. The summed E-state index contributed by atoms with van der Waals surface area (Å²) >= 11 is 3.40. The molecule has 0 unspecified atom stereocenters. The van der Waals surface area contributed by atoms with Gasteiger partial charge in [0.15, 0.2) is 0 Å². The number of cyclic esters (lactones) is 1. The lowest BCUT2D eigenvalue weighted by atomic mass is 9.92. The van der Waals surface area contributed by atoms with E-state index in [4.69, 9.17) is 4.74 Å². The summed E-state index contributed by atoms with van der Waals surface area (Å²) in [6.45, 7) is 2.29. The summed E-state index contributed by atoms with van der Waals surface area (Å²) in [5.74, 6) is -1.01. The van der Waals surface area contributed by atoms with Crippen LogP contribution in [-0.2, 0) is 9.53 Å². The van der Waals surface area contributed by atoms with E-state index in [1.165, 1.54) is 12.1 Å². The van der Waals surface area contributed by atoms with Crippen molar-refractivity contribution in [1.29, 1.82) is 0 Å². The number of amides is 2. The summed E-state index contributed by atoms with van der Waals surface area (Å²) in [7, 11) is 0. The fourth-order valence-electron chi connectivity index (χ4n) is 3.46. The molecule has 0 spiro atoms. The minimum absolute atomic E-state index is 0.190. The molecule has 2 heterocycles. The first-order chi connectivity index (χ1) is 13.5. The Morgan fingerprint density at radius 3 is 2.46 bits per heavy atom. The van der Waals surface area contributed by atoms with E-state index in [1.807, 2.05) is 31.2 Å². The first-order valence-electron chi connectivity index (χ1n) is 8.83. The zero-order valence-corrected chi connectivity index (χ0v) is 16.6. The van der Waals surface area contributed by atoms with Gasteiger partial charge in [-0.25, -0.2) is 14.1 Å². The highest BCUT2D eigenvalue weighted by Crippen LogP contribution is 2.33. The SMILES string of the molecule is C[C@H]1C(c2ccc(F)cc2)=NN(c2ccc(Br)cc2)[C@@H]1C(=O)N1CCOC1=O. The molecule has 2 aromatic carbocycles. The smallest absolute Gasteiger partial charge is 0.416 e. The molecular formula is C20H17BrFN3O3. The number of nitrogens with zero attached hydrogens (tertiary/aromatic N) is 3. The van der Waals surface area contributed by atoms with Crippen LogP contribution in [0.3, 0.4) is 0 Å². The van der Waals surface area contributed by atoms with Crippen molar-refractivity contribution in [2.24, 2.45) is 11.0 Å². The molecule has 2 aliphatic rings. The summed E-state index contributed by atoms with van der Waals surface area (Å²) in [4.78, 5) is 26.2. The Kier molecular flexibility index (Phi) is 4.89. The van der Waals surface area contributed by atoms with Crippen molar-refractivity contribution in [3.8, 4) is 0 Å². The quantitative estimate of drug-likeness (QED) is 0.720. The first kappa shape index (κ1) is 18.6. The monoisotopic (exact) mass is 445 g/mol. The number of imide groups is 1. The van der Waals surface area contributed by atoms with Gasteiger partial charge >= 0.3 is 6.09 Å². The lowest BCUT2D eigenvalue weighted by Gasteiger charge is -2.27. The molecule has 144 valence electrons. The second-order valence-corrected chi connectivity index (χ2v) is 7.57. The van der Waals surface area contributed by atoms with E-state index in [2.05, 4.69) is 21.0 Å². The molecular weight excluding hydrogens is 429 g/mol. The topological polar surface area (TPSA) is 62.2 Å². The van der Waals surface area contributed by atoms with Crippen molar-refractivity contribution in [1.82, 2.24) is 4.90 Å². The summed E-state index contributed by atoms with van der Waals surface area (Å²) in [5.41, 5.74) is 2.11. The maximum atomic E-state index is 13.3. The number of benzene rings is 2. The molecule has 28 heavy (non-hydrogen) atoms. The van der Waals surface area contributed by atoms with Crippen LogP contribution in [-0.4, -0.2) is 41.8 Å². The van der Waals surface area contributed by atoms with Crippen molar-refractivity contribution < 1.29 is 18.7 Å². The number of anilines is 1. The van der Waals surface area contributed by atoms with Gasteiger partial charge in [-0.3, -0.25) is 9.80 Å². The van der Waals surface area contributed by atoms with Gasteiger partial charge < -0.3 is 4.74 Å². The molecule has 6 nitrogen and oxygen atoms in total. The first-order valence-corrected chi connectivity index (χ1v) is 9.62. The van der Waals surface area contributed by atoms with Gasteiger partial charge in [0.05, 0.1) is 17.9 Å². The fourth-order valence-corrected chi connectivity index (χ4v) is 3.72. The molecule has 0 aromatic heterocycles. The van der Waals surface area contributed by atoms with Gasteiger partial charge in [0.1, 0.15) is 18.5 Å². The minimum Gasteiger partial charge on any atom is -0.447 e. The predicted molar refractivity (Wildman–Crippen MR) is 106 cm³/mol. The summed E-state index contributed by atoms with van der Waals surface area (Å²) in [6.07, 6.45) is -0.636. The van der Waals surface area contributed by atoms with E-state index in [0.717, 1.165) is 20.6 Å². The third kappa shape index (κ3) is 3.28. The second-order valence-electron chi connectivity index (χ2n) is 6.65. The van der Waals surface area contributed by atoms with Crippen LogP contribution < -0.4 is 5.01 Å². The number of halogens is 2. The number of hydrogen-bond donors (Lipinski definition) is 0. The van der Waals surface area contributed by atoms with Crippen molar-refractivity contribution in [3.05, 3.63) is 64.4 Å². The molecule has 1 saturated heterocycles. The Morgan fingerprint density at radius 2 is 1.86 bits per heavy atom. The summed E-state index contributed by atoms with van der Waals surface area (Å²) in [5, 5.41) is 6.31. The van der Waals surface area contributed by atoms with E-state index in [9.17, 15) is 14.0 Å². The molecule has 0 N–H and O–H groups in total. The molecule has 0 bridgehead atoms. The number of carbonyl (C=O) groups excluding carboxylic acids is 2. The molecule has 2 aromatic rings. The van der Waals surface area contributed by atoms with Crippen LogP contribution in [0.1, 0.15) is 12.5 Å². The predicted octanol–water partition coefficient (Wildman–Crippen LogP) is 3.80. The van der Waals surface area contributed by atoms with Gasteiger partial charge in [0.25, 0.3) is 5.91 Å². The zero-order valence-electron chi connectivity index (χ0n) is 15.0. The number of hydrazone groups is 1. The standard InChI is InChI=1S/C20H17BrFN3O3/c1-12-17(13-2-6-15(22)7-3-13)23-25(16-8-4-14(21)5-9-16)18(12)19(26)24-10-11-28-20(24)27/h2-9,12,18H,10-11H2,1H3/t12-,18-/m0/s1. The van der Waals surface area contributed by atoms with Crippen LogP contribution in [0.4, 0.5) is 14.9 Å². The Hall–Kier alpha value is -2.74.